The normalized spacial score (nSPS) is 11.8. The minimum atomic E-state index is -0.245. The lowest BCUT2D eigenvalue weighted by Crippen LogP contribution is -2.37. The molecule has 3 aromatic rings. The van der Waals surface area contributed by atoms with Crippen LogP contribution >= 0.6 is 0 Å². The highest BCUT2D eigenvalue weighted by molar-refractivity contribution is 5.80. The first kappa shape index (κ1) is 19.9. The lowest BCUT2D eigenvalue weighted by atomic mass is 10.1. The molecule has 0 fully saturated rings. The summed E-state index contributed by atoms with van der Waals surface area (Å²) in [6, 6.07) is 15.6. The summed E-state index contributed by atoms with van der Waals surface area (Å²) >= 11 is 0. The molecule has 0 amide bonds. The molecule has 1 heterocycles. The van der Waals surface area contributed by atoms with E-state index < -0.39 is 0 Å². The number of aromatic nitrogens is 1. The van der Waals surface area contributed by atoms with E-state index in [9.17, 15) is 4.39 Å². The van der Waals surface area contributed by atoms with Gasteiger partial charge in [-0.1, -0.05) is 24.3 Å². The maximum absolute atomic E-state index is 13.7. The number of hydrogen-bond donors (Lipinski definition) is 2. The lowest BCUT2D eigenvalue weighted by molar-refractivity contribution is 0.181. The van der Waals surface area contributed by atoms with Gasteiger partial charge in [-0.25, -0.2) is 4.39 Å². The number of para-hydroxylation sites is 1. The highest BCUT2D eigenvalue weighted by atomic mass is 19.1. The first-order valence-corrected chi connectivity index (χ1v) is 9.46. The van der Waals surface area contributed by atoms with Gasteiger partial charge < -0.3 is 19.9 Å². The van der Waals surface area contributed by atoms with E-state index in [0.717, 1.165) is 31.0 Å². The van der Waals surface area contributed by atoms with Crippen LogP contribution in [0.5, 0.6) is 0 Å². The Morgan fingerprint density at radius 1 is 1.14 bits per heavy atom. The van der Waals surface area contributed by atoms with Gasteiger partial charge in [0.15, 0.2) is 5.96 Å². The smallest absolute Gasteiger partial charge is 0.191 e. The first-order chi connectivity index (χ1) is 13.7. The van der Waals surface area contributed by atoms with Gasteiger partial charge in [-0.2, -0.15) is 0 Å². The van der Waals surface area contributed by atoms with E-state index in [2.05, 4.69) is 56.7 Å². The van der Waals surface area contributed by atoms with E-state index in [1.807, 2.05) is 6.07 Å². The molecule has 0 atom stereocenters. The fraction of sp³-hybridized carbons (Fsp3) is 0.318. The monoisotopic (exact) mass is 382 g/mol. The van der Waals surface area contributed by atoms with Crippen LogP contribution in [0, 0.1) is 5.82 Å². The quantitative estimate of drug-likeness (QED) is 0.355. The van der Waals surface area contributed by atoms with Crippen molar-refractivity contribution in [2.45, 2.75) is 26.1 Å². The van der Waals surface area contributed by atoms with Gasteiger partial charge in [0, 0.05) is 51.1 Å². The van der Waals surface area contributed by atoms with Gasteiger partial charge in [-0.05, 0) is 41.6 Å². The standard InChI is InChI=1S/C22H27FN4O/c1-24-22(26-15-17-8-9-20(23)19(14-17)16-28-2)25-11-5-12-27-13-10-18-6-3-4-7-21(18)27/h3-4,6-10,13-14H,5,11-12,15-16H2,1-2H3,(H2,24,25,26). The zero-order valence-electron chi connectivity index (χ0n) is 16.4. The minimum absolute atomic E-state index is 0.245. The maximum Gasteiger partial charge on any atom is 0.191 e. The topological polar surface area (TPSA) is 50.6 Å². The van der Waals surface area contributed by atoms with Crippen molar-refractivity contribution >= 4 is 16.9 Å². The Bertz CT molecular complexity index is 935. The van der Waals surface area contributed by atoms with E-state index >= 15 is 0 Å². The number of benzene rings is 2. The van der Waals surface area contributed by atoms with Crippen LogP contribution < -0.4 is 10.6 Å². The summed E-state index contributed by atoms with van der Waals surface area (Å²) in [6.45, 7) is 2.58. The van der Waals surface area contributed by atoms with Crippen molar-refractivity contribution in [2.24, 2.45) is 4.99 Å². The fourth-order valence-corrected chi connectivity index (χ4v) is 3.20. The van der Waals surface area contributed by atoms with Gasteiger partial charge in [0.1, 0.15) is 5.82 Å². The predicted molar refractivity (Wildman–Crippen MR) is 112 cm³/mol. The third kappa shape index (κ3) is 5.10. The summed E-state index contributed by atoms with van der Waals surface area (Å²) < 4.78 is 21.0. The van der Waals surface area contributed by atoms with Crippen molar-refractivity contribution < 1.29 is 9.13 Å². The van der Waals surface area contributed by atoms with Crippen molar-refractivity contribution in [1.29, 1.82) is 0 Å². The maximum atomic E-state index is 13.7. The van der Waals surface area contributed by atoms with E-state index in [0.29, 0.717) is 12.1 Å². The average Bonchev–Trinajstić information content (AvgIpc) is 3.13. The third-order valence-electron chi connectivity index (χ3n) is 4.64. The van der Waals surface area contributed by atoms with Crippen LogP contribution in [-0.4, -0.2) is 31.2 Å². The molecule has 0 aliphatic heterocycles. The molecule has 0 unspecified atom stereocenters. The summed E-state index contributed by atoms with van der Waals surface area (Å²) in [7, 11) is 3.31. The molecule has 28 heavy (non-hydrogen) atoms. The number of nitrogens with one attached hydrogen (secondary N) is 2. The number of aryl methyl sites for hydroxylation is 1. The summed E-state index contributed by atoms with van der Waals surface area (Å²) in [4.78, 5) is 4.25. The van der Waals surface area contributed by atoms with Crippen LogP contribution in [0.25, 0.3) is 10.9 Å². The molecular formula is C22H27FN4O. The minimum Gasteiger partial charge on any atom is -0.380 e. The highest BCUT2D eigenvalue weighted by Gasteiger charge is 2.05. The molecule has 6 heteroatoms. The lowest BCUT2D eigenvalue weighted by Gasteiger charge is -2.13. The second-order valence-corrected chi connectivity index (χ2v) is 6.63. The zero-order chi connectivity index (χ0) is 19.8. The number of rotatable bonds is 8. The van der Waals surface area contributed by atoms with Crippen molar-refractivity contribution in [3.05, 3.63) is 71.7 Å². The Kier molecular flexibility index (Phi) is 7.03. The molecule has 0 spiro atoms. The fourth-order valence-electron chi connectivity index (χ4n) is 3.20. The molecule has 0 bridgehead atoms. The summed E-state index contributed by atoms with van der Waals surface area (Å²) in [5, 5.41) is 7.86. The van der Waals surface area contributed by atoms with Crippen molar-refractivity contribution in [3.8, 4) is 0 Å². The summed E-state index contributed by atoms with van der Waals surface area (Å²) in [5.74, 6) is 0.487. The molecule has 148 valence electrons. The molecule has 3 rings (SSSR count). The summed E-state index contributed by atoms with van der Waals surface area (Å²) in [6.07, 6.45) is 3.11. The van der Waals surface area contributed by atoms with Crippen LogP contribution in [0.15, 0.2) is 59.7 Å². The average molecular weight is 382 g/mol. The number of fused-ring (bicyclic) bond motifs is 1. The Morgan fingerprint density at radius 2 is 2.00 bits per heavy atom. The molecule has 2 N–H and O–H groups in total. The predicted octanol–water partition coefficient (Wildman–Crippen LogP) is 3.68. The first-order valence-electron chi connectivity index (χ1n) is 9.46. The van der Waals surface area contributed by atoms with Crippen molar-refractivity contribution in [3.63, 3.8) is 0 Å². The molecule has 0 saturated carbocycles. The SMILES string of the molecule is CN=C(NCCCn1ccc2ccccc21)NCc1ccc(F)c(COC)c1. The van der Waals surface area contributed by atoms with Crippen molar-refractivity contribution in [1.82, 2.24) is 15.2 Å². The van der Waals surface area contributed by atoms with Gasteiger partial charge in [0.05, 0.1) is 6.61 Å². The Balaban J connectivity index is 1.45. The largest absolute Gasteiger partial charge is 0.380 e. The van der Waals surface area contributed by atoms with E-state index in [-0.39, 0.29) is 12.4 Å². The molecule has 5 nitrogen and oxygen atoms in total. The number of aliphatic imine (C=N–C) groups is 1. The van der Waals surface area contributed by atoms with Crippen LogP contribution in [0.2, 0.25) is 0 Å². The Labute approximate surface area is 165 Å². The second-order valence-electron chi connectivity index (χ2n) is 6.63. The molecule has 0 aliphatic carbocycles. The van der Waals surface area contributed by atoms with Crippen molar-refractivity contribution in [2.75, 3.05) is 20.7 Å². The van der Waals surface area contributed by atoms with Gasteiger partial charge >= 0.3 is 0 Å². The molecule has 0 saturated heterocycles. The van der Waals surface area contributed by atoms with Crippen LogP contribution in [0.4, 0.5) is 4.39 Å². The van der Waals surface area contributed by atoms with Gasteiger partial charge in [-0.3, -0.25) is 4.99 Å². The Morgan fingerprint density at radius 3 is 2.82 bits per heavy atom. The van der Waals surface area contributed by atoms with Gasteiger partial charge in [0.2, 0.25) is 0 Å². The van der Waals surface area contributed by atoms with Crippen LogP contribution in [0.1, 0.15) is 17.5 Å². The van der Waals surface area contributed by atoms with E-state index in [1.54, 1.807) is 20.2 Å². The molecule has 2 aromatic carbocycles. The number of nitrogens with zero attached hydrogens (tertiary/aromatic N) is 2. The van der Waals surface area contributed by atoms with Crippen LogP contribution in [0.3, 0.4) is 0 Å². The highest BCUT2D eigenvalue weighted by Crippen LogP contribution is 2.15. The molecule has 0 aliphatic rings. The van der Waals surface area contributed by atoms with Gasteiger partial charge in [0.25, 0.3) is 0 Å². The Hall–Kier alpha value is -2.86. The number of ether oxygens (including phenoxy) is 1. The zero-order valence-corrected chi connectivity index (χ0v) is 16.4. The number of halogens is 1. The van der Waals surface area contributed by atoms with Gasteiger partial charge in [-0.15, -0.1) is 0 Å². The number of hydrogen-bond acceptors (Lipinski definition) is 2. The van der Waals surface area contributed by atoms with Crippen LogP contribution in [-0.2, 0) is 24.4 Å². The van der Waals surface area contributed by atoms with E-state index in [1.165, 1.54) is 17.0 Å². The molecule has 0 radical (unpaired) electrons. The second kappa shape index (κ2) is 9.90. The van der Waals surface area contributed by atoms with E-state index in [4.69, 9.17) is 4.74 Å². The summed E-state index contributed by atoms with van der Waals surface area (Å²) in [5.41, 5.74) is 2.80. The number of methoxy groups -OCH3 is 1. The molecular weight excluding hydrogens is 355 g/mol. The third-order valence-corrected chi connectivity index (χ3v) is 4.64. The number of guanidine groups is 1. The molecule has 1 aromatic heterocycles.